The quantitative estimate of drug-likeness (QED) is 0.580. The summed E-state index contributed by atoms with van der Waals surface area (Å²) in [7, 11) is 0. The highest BCUT2D eigenvalue weighted by Gasteiger charge is 2.43. The maximum Gasteiger partial charge on any atom is 0.315 e. The Labute approximate surface area is 82.8 Å². The van der Waals surface area contributed by atoms with Crippen molar-refractivity contribution >= 4 is 6.03 Å². The fraction of sp³-hybridized carbons (Fsp3) is 0.889. The number of hydrogen-bond donors (Lipinski definition) is 3. The average molecular weight is 200 g/mol. The minimum atomic E-state index is -0.330. The first-order chi connectivity index (χ1) is 6.74. The Kier molecular flexibility index (Phi) is 2.60. The van der Waals surface area contributed by atoms with Gasteiger partial charge in [-0.1, -0.05) is 0 Å². The Balaban J connectivity index is 1.73. The molecule has 0 aromatic heterocycles. The molecular weight excluding hydrogens is 184 g/mol. The van der Waals surface area contributed by atoms with Crippen LogP contribution in [0.2, 0.25) is 0 Å². The van der Waals surface area contributed by atoms with Gasteiger partial charge in [-0.25, -0.2) is 4.79 Å². The summed E-state index contributed by atoms with van der Waals surface area (Å²) < 4.78 is 5.14. The highest BCUT2D eigenvalue weighted by molar-refractivity contribution is 5.75. The Morgan fingerprint density at radius 1 is 1.57 bits per heavy atom. The van der Waals surface area contributed by atoms with Crippen molar-refractivity contribution in [1.82, 2.24) is 10.6 Å². The Hall–Kier alpha value is -0.810. The van der Waals surface area contributed by atoms with Crippen molar-refractivity contribution in [3.05, 3.63) is 0 Å². The number of aliphatic hydroxyl groups excluding tert-OH is 1. The number of carbonyl (C=O) groups excluding carboxylic acids is 1. The topological polar surface area (TPSA) is 70.6 Å². The molecule has 0 spiro atoms. The molecule has 0 aromatic carbocycles. The molecule has 1 unspecified atom stereocenters. The van der Waals surface area contributed by atoms with Gasteiger partial charge in [0, 0.05) is 6.61 Å². The molecule has 1 heterocycles. The number of urea groups is 1. The van der Waals surface area contributed by atoms with E-state index in [1.54, 1.807) is 0 Å². The van der Waals surface area contributed by atoms with Gasteiger partial charge in [0.1, 0.15) is 0 Å². The van der Waals surface area contributed by atoms with E-state index in [4.69, 9.17) is 9.84 Å². The molecule has 1 aliphatic carbocycles. The number of ether oxygens (including phenoxy) is 1. The van der Waals surface area contributed by atoms with Gasteiger partial charge in [0.05, 0.1) is 24.8 Å². The van der Waals surface area contributed by atoms with Crippen molar-refractivity contribution in [2.45, 2.75) is 30.8 Å². The monoisotopic (exact) mass is 200 g/mol. The van der Waals surface area contributed by atoms with Crippen molar-refractivity contribution in [2.75, 3.05) is 19.8 Å². The van der Waals surface area contributed by atoms with Crippen LogP contribution >= 0.6 is 0 Å². The predicted molar refractivity (Wildman–Crippen MR) is 49.9 cm³/mol. The molecule has 14 heavy (non-hydrogen) atoms. The number of rotatable bonds is 3. The molecule has 0 radical (unpaired) electrons. The van der Waals surface area contributed by atoms with Gasteiger partial charge in [0.15, 0.2) is 0 Å². The molecule has 2 rings (SSSR count). The Morgan fingerprint density at radius 3 is 2.86 bits per heavy atom. The normalized spacial score (nSPS) is 28.5. The zero-order valence-corrected chi connectivity index (χ0v) is 8.08. The van der Waals surface area contributed by atoms with Crippen molar-refractivity contribution in [2.24, 2.45) is 0 Å². The van der Waals surface area contributed by atoms with Crippen molar-refractivity contribution in [3.8, 4) is 0 Å². The van der Waals surface area contributed by atoms with E-state index in [2.05, 4.69) is 10.6 Å². The van der Waals surface area contributed by atoms with E-state index in [0.29, 0.717) is 6.61 Å². The number of aliphatic hydroxyl groups is 1. The van der Waals surface area contributed by atoms with E-state index in [-0.39, 0.29) is 24.2 Å². The van der Waals surface area contributed by atoms with Crippen LogP contribution in [-0.2, 0) is 4.74 Å². The van der Waals surface area contributed by atoms with Crippen LogP contribution in [0.5, 0.6) is 0 Å². The van der Waals surface area contributed by atoms with E-state index < -0.39 is 0 Å². The third-order valence-electron chi connectivity index (χ3n) is 2.80. The van der Waals surface area contributed by atoms with Crippen LogP contribution in [-0.4, -0.2) is 42.5 Å². The highest BCUT2D eigenvalue weighted by Crippen LogP contribution is 2.34. The molecule has 5 heteroatoms. The maximum absolute atomic E-state index is 11.4. The SMILES string of the molecule is O=C(NC1CCOC1)NC1(CO)CC1. The Bertz CT molecular complexity index is 222. The third-order valence-corrected chi connectivity index (χ3v) is 2.80. The van der Waals surface area contributed by atoms with Crippen LogP contribution in [0.15, 0.2) is 0 Å². The van der Waals surface area contributed by atoms with Crippen LogP contribution in [0.25, 0.3) is 0 Å². The molecule has 3 N–H and O–H groups in total. The summed E-state index contributed by atoms with van der Waals surface area (Å²) in [5.41, 5.74) is -0.330. The molecule has 0 bridgehead atoms. The molecular formula is C9H16N2O3. The van der Waals surface area contributed by atoms with Gasteiger partial charge in [-0.2, -0.15) is 0 Å². The van der Waals surface area contributed by atoms with E-state index >= 15 is 0 Å². The van der Waals surface area contributed by atoms with Gasteiger partial charge in [-0.05, 0) is 19.3 Å². The largest absolute Gasteiger partial charge is 0.394 e. The average Bonchev–Trinajstić information content (AvgIpc) is 2.74. The molecule has 1 aliphatic heterocycles. The van der Waals surface area contributed by atoms with E-state index in [1.165, 1.54) is 0 Å². The fourth-order valence-electron chi connectivity index (χ4n) is 1.58. The highest BCUT2D eigenvalue weighted by atomic mass is 16.5. The summed E-state index contributed by atoms with van der Waals surface area (Å²) in [6.07, 6.45) is 2.62. The standard InChI is InChI=1S/C9H16N2O3/c12-6-9(2-3-9)11-8(13)10-7-1-4-14-5-7/h7,12H,1-6H2,(H2,10,11,13). The predicted octanol–water partition coefficient (Wildman–Crippen LogP) is -0.401. The lowest BCUT2D eigenvalue weighted by Crippen LogP contribution is -2.49. The summed E-state index contributed by atoms with van der Waals surface area (Å²) in [6.45, 7) is 1.34. The minimum Gasteiger partial charge on any atom is -0.394 e. The molecule has 1 atom stereocenters. The van der Waals surface area contributed by atoms with Crippen LogP contribution in [0.1, 0.15) is 19.3 Å². The van der Waals surface area contributed by atoms with Crippen LogP contribution in [0.4, 0.5) is 4.79 Å². The maximum atomic E-state index is 11.4. The number of nitrogens with one attached hydrogen (secondary N) is 2. The van der Waals surface area contributed by atoms with Crippen molar-refractivity contribution < 1.29 is 14.6 Å². The number of carbonyl (C=O) groups is 1. The first-order valence-electron chi connectivity index (χ1n) is 5.01. The van der Waals surface area contributed by atoms with Gasteiger partial charge in [-0.15, -0.1) is 0 Å². The fourth-order valence-corrected chi connectivity index (χ4v) is 1.58. The Morgan fingerprint density at radius 2 is 2.36 bits per heavy atom. The first kappa shape index (κ1) is 9.73. The van der Waals surface area contributed by atoms with Crippen LogP contribution in [0.3, 0.4) is 0 Å². The lowest BCUT2D eigenvalue weighted by molar-refractivity contribution is 0.185. The second kappa shape index (κ2) is 3.74. The van der Waals surface area contributed by atoms with Gasteiger partial charge in [0.25, 0.3) is 0 Å². The van der Waals surface area contributed by atoms with Crippen LogP contribution in [0, 0.1) is 0 Å². The minimum absolute atomic E-state index is 0.0294. The summed E-state index contributed by atoms with van der Waals surface area (Å²) in [5, 5.41) is 14.6. The van der Waals surface area contributed by atoms with Gasteiger partial charge >= 0.3 is 6.03 Å². The number of amides is 2. The summed E-state index contributed by atoms with van der Waals surface area (Å²) in [4.78, 5) is 11.4. The molecule has 2 fully saturated rings. The van der Waals surface area contributed by atoms with Gasteiger partial charge in [0.2, 0.25) is 0 Å². The summed E-state index contributed by atoms with van der Waals surface area (Å²) >= 11 is 0. The molecule has 2 amide bonds. The molecule has 2 aliphatic rings. The van der Waals surface area contributed by atoms with Crippen molar-refractivity contribution in [1.29, 1.82) is 0 Å². The van der Waals surface area contributed by atoms with E-state index in [9.17, 15) is 4.79 Å². The second-order valence-electron chi connectivity index (χ2n) is 4.10. The first-order valence-corrected chi connectivity index (χ1v) is 5.01. The van der Waals surface area contributed by atoms with E-state index in [0.717, 1.165) is 25.9 Å². The summed E-state index contributed by atoms with van der Waals surface area (Å²) in [5.74, 6) is 0. The molecule has 1 saturated carbocycles. The lowest BCUT2D eigenvalue weighted by Gasteiger charge is -2.17. The second-order valence-corrected chi connectivity index (χ2v) is 4.10. The zero-order valence-electron chi connectivity index (χ0n) is 8.08. The van der Waals surface area contributed by atoms with Gasteiger partial charge in [-0.3, -0.25) is 0 Å². The van der Waals surface area contributed by atoms with Crippen LogP contribution < -0.4 is 10.6 Å². The van der Waals surface area contributed by atoms with Gasteiger partial charge < -0.3 is 20.5 Å². The zero-order chi connectivity index (χ0) is 10.0. The third kappa shape index (κ3) is 2.16. The lowest BCUT2D eigenvalue weighted by atomic mass is 10.2. The molecule has 5 nitrogen and oxygen atoms in total. The molecule has 1 saturated heterocycles. The molecule has 80 valence electrons. The molecule has 0 aromatic rings. The van der Waals surface area contributed by atoms with E-state index in [1.807, 2.05) is 0 Å². The van der Waals surface area contributed by atoms with Crippen molar-refractivity contribution in [3.63, 3.8) is 0 Å². The smallest absolute Gasteiger partial charge is 0.315 e. The summed E-state index contributed by atoms with van der Waals surface area (Å²) in [6, 6.07) is -0.0588. The number of hydrogen-bond acceptors (Lipinski definition) is 3.